The zero-order valence-electron chi connectivity index (χ0n) is 23.0. The largest absolute Gasteiger partial charge is 0.394 e. The van der Waals surface area contributed by atoms with Crippen molar-refractivity contribution in [3.63, 3.8) is 0 Å². The van der Waals surface area contributed by atoms with Gasteiger partial charge >= 0.3 is 0 Å². The molecular formula is C28H42N4O6. The van der Waals surface area contributed by atoms with Crippen LogP contribution < -0.4 is 0 Å². The zero-order chi connectivity index (χ0) is 27.2. The summed E-state index contributed by atoms with van der Waals surface area (Å²) in [6.45, 7) is 10.7. The lowest BCUT2D eigenvalue weighted by Gasteiger charge is -2.40. The Morgan fingerprint density at radius 1 is 1.00 bits per heavy atom. The Bertz CT molecular complexity index is 1010. The Morgan fingerprint density at radius 3 is 2.39 bits per heavy atom. The Labute approximate surface area is 225 Å². The van der Waals surface area contributed by atoms with Crippen molar-refractivity contribution >= 4 is 17.7 Å². The van der Waals surface area contributed by atoms with Crippen LogP contribution >= 0.6 is 0 Å². The molecule has 6 atom stereocenters. The van der Waals surface area contributed by atoms with Crippen LogP contribution in [0.15, 0.2) is 24.3 Å². The summed E-state index contributed by atoms with van der Waals surface area (Å²) in [6.07, 6.45) is 8.13. The Kier molecular flexibility index (Phi) is 7.45. The summed E-state index contributed by atoms with van der Waals surface area (Å²) in [5, 5.41) is 10.4. The van der Waals surface area contributed by atoms with Crippen LogP contribution in [0.5, 0.6) is 0 Å². The number of likely N-dealkylation sites (tertiary alicyclic amines) is 1. The number of aliphatic hydroxyl groups is 1. The van der Waals surface area contributed by atoms with E-state index in [1.807, 2.05) is 45.1 Å². The summed E-state index contributed by atoms with van der Waals surface area (Å²) in [5.74, 6) is -2.05. The van der Waals surface area contributed by atoms with Crippen LogP contribution in [0.25, 0.3) is 0 Å². The van der Waals surface area contributed by atoms with Gasteiger partial charge in [-0.05, 0) is 19.3 Å². The van der Waals surface area contributed by atoms with Gasteiger partial charge in [0.25, 0.3) is 0 Å². The van der Waals surface area contributed by atoms with Crippen LogP contribution in [0.3, 0.4) is 0 Å². The molecule has 0 aliphatic carbocycles. The van der Waals surface area contributed by atoms with E-state index in [0.29, 0.717) is 45.8 Å². The lowest BCUT2D eigenvalue weighted by atomic mass is 9.74. The molecule has 10 nitrogen and oxygen atoms in total. The topological polar surface area (TPSA) is 103 Å². The van der Waals surface area contributed by atoms with Gasteiger partial charge in [-0.3, -0.25) is 19.3 Å². The van der Waals surface area contributed by atoms with Crippen molar-refractivity contribution in [2.24, 2.45) is 17.8 Å². The predicted molar refractivity (Wildman–Crippen MR) is 140 cm³/mol. The Morgan fingerprint density at radius 2 is 1.71 bits per heavy atom. The van der Waals surface area contributed by atoms with E-state index in [2.05, 4.69) is 4.90 Å². The average molecular weight is 531 g/mol. The number of morpholine rings is 1. The summed E-state index contributed by atoms with van der Waals surface area (Å²) in [6, 6.07) is -1.50. The highest BCUT2D eigenvalue weighted by Crippen LogP contribution is 2.57. The van der Waals surface area contributed by atoms with E-state index in [-0.39, 0.29) is 30.2 Å². The maximum atomic E-state index is 14.4. The van der Waals surface area contributed by atoms with Crippen LogP contribution in [-0.4, -0.2) is 132 Å². The van der Waals surface area contributed by atoms with E-state index in [4.69, 9.17) is 9.47 Å². The number of ether oxygens (including phenoxy) is 2. The third kappa shape index (κ3) is 4.39. The first-order valence-electron chi connectivity index (χ1n) is 14.0. The Hall–Kier alpha value is -2.27. The molecule has 1 spiro atoms. The number of hydrogen-bond donors (Lipinski definition) is 1. The molecule has 0 aromatic carbocycles. The number of likely N-dealkylation sites (N-methyl/N-ethyl adjacent to an activating group) is 1. The van der Waals surface area contributed by atoms with Crippen LogP contribution in [0.2, 0.25) is 0 Å². The van der Waals surface area contributed by atoms with Gasteiger partial charge in [-0.25, -0.2) is 0 Å². The van der Waals surface area contributed by atoms with Crippen molar-refractivity contribution < 1.29 is 29.0 Å². The quantitative estimate of drug-likeness (QED) is 0.467. The van der Waals surface area contributed by atoms with Crippen LogP contribution in [0, 0.1) is 17.8 Å². The second-order valence-corrected chi connectivity index (χ2v) is 12.0. The normalized spacial score (nSPS) is 36.4. The Balaban J connectivity index is 1.55. The molecule has 210 valence electrons. The van der Waals surface area contributed by atoms with Gasteiger partial charge in [-0.2, -0.15) is 0 Å². The maximum Gasteiger partial charge on any atom is 0.249 e. The molecular weight excluding hydrogens is 488 g/mol. The smallest absolute Gasteiger partial charge is 0.249 e. The van der Waals surface area contributed by atoms with Crippen molar-refractivity contribution in [3.05, 3.63) is 24.3 Å². The van der Waals surface area contributed by atoms with E-state index in [1.54, 1.807) is 21.7 Å². The number of aliphatic hydroxyl groups excluding tert-OH is 1. The minimum Gasteiger partial charge on any atom is -0.394 e. The standard InChI is InChI=1S/C28H42N4O6/c1-19(2)17-20(18-33)32-23-26(36)31(12-11-30-13-15-37-16-14-30)10-6-8-28(23)22(25(32)35)21-24(34)29(4)9-5-7-27(21,3)38-28/h5-8,19-23,33H,9-18H2,1-4H3/t20-,21+,22+,23?,27-,28+/m1/s1. The number of carbonyl (C=O) groups is 3. The first kappa shape index (κ1) is 27.3. The SMILES string of the molecule is CC(C)C[C@H](CO)N1C(=O)[C@@H]2[C@H]3C(=O)N(C)CC=C[C@@]3(C)O[C@@]23C=CCN(CCN2CCOCC2)C(=O)C13. The fourth-order valence-corrected chi connectivity index (χ4v) is 7.13. The lowest BCUT2D eigenvalue weighted by molar-refractivity contribution is -0.156. The molecule has 5 heterocycles. The number of nitrogens with zero attached hydrogens (tertiary/aromatic N) is 4. The van der Waals surface area contributed by atoms with Crippen molar-refractivity contribution in [2.75, 3.05) is 66.1 Å². The third-order valence-electron chi connectivity index (χ3n) is 8.92. The zero-order valence-corrected chi connectivity index (χ0v) is 23.0. The van der Waals surface area contributed by atoms with E-state index < -0.39 is 35.1 Å². The number of fused-ring (bicyclic) bond motifs is 2. The first-order chi connectivity index (χ1) is 18.1. The first-order valence-corrected chi connectivity index (χ1v) is 14.0. The summed E-state index contributed by atoms with van der Waals surface area (Å²) >= 11 is 0. The molecule has 0 aromatic heterocycles. The van der Waals surface area contributed by atoms with Gasteiger partial charge in [0.1, 0.15) is 11.6 Å². The van der Waals surface area contributed by atoms with Gasteiger partial charge in [0.15, 0.2) is 0 Å². The molecule has 1 unspecified atom stereocenters. The molecule has 5 aliphatic heterocycles. The molecule has 38 heavy (non-hydrogen) atoms. The van der Waals surface area contributed by atoms with Gasteiger partial charge in [0.05, 0.1) is 43.3 Å². The lowest BCUT2D eigenvalue weighted by Crippen LogP contribution is -2.59. The number of hydrogen-bond acceptors (Lipinski definition) is 7. The monoisotopic (exact) mass is 530 g/mol. The van der Waals surface area contributed by atoms with E-state index in [0.717, 1.165) is 13.1 Å². The van der Waals surface area contributed by atoms with Gasteiger partial charge in [-0.15, -0.1) is 0 Å². The second-order valence-electron chi connectivity index (χ2n) is 12.0. The van der Waals surface area contributed by atoms with Crippen LogP contribution in [0.4, 0.5) is 0 Å². The minimum atomic E-state index is -1.29. The van der Waals surface area contributed by atoms with Crippen molar-refractivity contribution in [3.8, 4) is 0 Å². The predicted octanol–water partition coefficient (Wildman–Crippen LogP) is 0.123. The fourth-order valence-electron chi connectivity index (χ4n) is 7.13. The molecule has 3 saturated heterocycles. The molecule has 3 amide bonds. The molecule has 0 bridgehead atoms. The number of rotatable bonds is 7. The number of carbonyl (C=O) groups excluding carboxylic acids is 3. The van der Waals surface area contributed by atoms with Crippen molar-refractivity contribution in [1.29, 1.82) is 0 Å². The molecule has 1 N–H and O–H groups in total. The molecule has 0 saturated carbocycles. The minimum absolute atomic E-state index is 0.160. The van der Waals surface area contributed by atoms with E-state index in [1.165, 1.54) is 0 Å². The molecule has 3 fully saturated rings. The maximum absolute atomic E-state index is 14.4. The summed E-state index contributed by atoms with van der Waals surface area (Å²) in [5.41, 5.74) is -2.31. The third-order valence-corrected chi connectivity index (χ3v) is 8.92. The summed E-state index contributed by atoms with van der Waals surface area (Å²) in [7, 11) is 1.73. The molecule has 0 aromatic rings. The number of amides is 3. The van der Waals surface area contributed by atoms with Gasteiger partial charge in [0, 0.05) is 46.3 Å². The van der Waals surface area contributed by atoms with Crippen molar-refractivity contribution in [1.82, 2.24) is 19.6 Å². The van der Waals surface area contributed by atoms with Crippen LogP contribution in [-0.2, 0) is 23.9 Å². The highest BCUT2D eigenvalue weighted by molar-refractivity contribution is 6.00. The van der Waals surface area contributed by atoms with Gasteiger partial charge in [-0.1, -0.05) is 38.2 Å². The highest BCUT2D eigenvalue weighted by atomic mass is 16.5. The molecule has 10 heteroatoms. The molecule has 5 rings (SSSR count). The van der Waals surface area contributed by atoms with E-state index >= 15 is 0 Å². The fraction of sp³-hybridized carbons (Fsp3) is 0.750. The van der Waals surface area contributed by atoms with Crippen molar-refractivity contribution in [2.45, 2.75) is 50.5 Å². The molecule has 0 radical (unpaired) electrons. The summed E-state index contributed by atoms with van der Waals surface area (Å²) in [4.78, 5) is 49.7. The highest BCUT2D eigenvalue weighted by Gasteiger charge is 2.75. The average Bonchev–Trinajstić information content (AvgIpc) is 3.17. The molecule has 5 aliphatic rings. The van der Waals surface area contributed by atoms with E-state index in [9.17, 15) is 19.5 Å². The van der Waals surface area contributed by atoms with Gasteiger partial charge < -0.3 is 29.3 Å². The van der Waals surface area contributed by atoms with Crippen LogP contribution in [0.1, 0.15) is 27.2 Å². The van der Waals surface area contributed by atoms with Gasteiger partial charge in [0.2, 0.25) is 17.7 Å². The second kappa shape index (κ2) is 10.4. The summed E-state index contributed by atoms with van der Waals surface area (Å²) < 4.78 is 12.3.